The van der Waals surface area contributed by atoms with E-state index in [9.17, 15) is 0 Å². The molecule has 0 N–H and O–H groups in total. The number of nitrogens with zero attached hydrogens (tertiary/aromatic N) is 1. The lowest BCUT2D eigenvalue weighted by molar-refractivity contribution is 1.43. The van der Waals surface area contributed by atoms with Gasteiger partial charge in [-0.25, -0.2) is 0 Å². The van der Waals surface area contributed by atoms with Crippen molar-refractivity contribution in [2.75, 3.05) is 0 Å². The molecule has 0 spiro atoms. The van der Waals surface area contributed by atoms with E-state index >= 15 is 0 Å². The predicted octanol–water partition coefficient (Wildman–Crippen LogP) is 5.92. The molecule has 2 aromatic rings. The van der Waals surface area contributed by atoms with Crippen molar-refractivity contribution in [3.63, 3.8) is 0 Å². The molecule has 0 aliphatic carbocycles. The summed E-state index contributed by atoms with van der Waals surface area (Å²) in [6.45, 7) is 1.97. The van der Waals surface area contributed by atoms with E-state index in [1.165, 1.54) is 0 Å². The molecular weight excluding hydrogens is 377 g/mol. The van der Waals surface area contributed by atoms with Crippen LogP contribution in [0.5, 0.6) is 0 Å². The Morgan fingerprint density at radius 1 is 1.06 bits per heavy atom. The normalized spacial score (nSPS) is 11.1. The van der Waals surface area contributed by atoms with Gasteiger partial charge in [-0.05, 0) is 48.4 Å². The maximum atomic E-state index is 6.06. The summed E-state index contributed by atoms with van der Waals surface area (Å²) in [5.74, 6) is 0. The number of rotatable bonds is 2. The molecule has 0 saturated carbocycles. The number of halogens is 3. The number of aliphatic imine (C=N–C) groups is 1. The molecule has 0 aromatic heterocycles. The Balaban J connectivity index is 2.27. The van der Waals surface area contributed by atoms with Crippen LogP contribution < -0.4 is 0 Å². The first-order valence-electron chi connectivity index (χ1n) is 5.31. The largest absolute Gasteiger partial charge is 0.256 e. The van der Waals surface area contributed by atoms with Crippen LogP contribution >= 0.6 is 43.5 Å². The molecule has 0 radical (unpaired) electrons. The Bertz CT molecular complexity index is 588. The second-order valence-corrected chi connectivity index (χ2v) is 6.13. The fraction of sp³-hybridized carbons (Fsp3) is 0.0714. The predicted molar refractivity (Wildman–Crippen MR) is 85.3 cm³/mol. The van der Waals surface area contributed by atoms with Gasteiger partial charge in [0.15, 0.2) is 0 Å². The van der Waals surface area contributed by atoms with Crippen molar-refractivity contribution in [1.29, 1.82) is 0 Å². The average molecular weight is 388 g/mol. The third-order valence-electron chi connectivity index (χ3n) is 2.40. The van der Waals surface area contributed by atoms with Crippen molar-refractivity contribution in [2.45, 2.75) is 6.92 Å². The highest BCUT2D eigenvalue weighted by Crippen LogP contribution is 2.23. The zero-order valence-electron chi connectivity index (χ0n) is 9.62. The Morgan fingerprint density at radius 3 is 2.33 bits per heavy atom. The molecule has 0 bridgehead atoms. The van der Waals surface area contributed by atoms with E-state index in [4.69, 9.17) is 11.6 Å². The molecule has 0 atom stereocenters. The van der Waals surface area contributed by atoms with Gasteiger partial charge in [-0.1, -0.05) is 49.5 Å². The zero-order valence-corrected chi connectivity index (χ0v) is 13.6. The van der Waals surface area contributed by atoms with Gasteiger partial charge < -0.3 is 0 Å². The van der Waals surface area contributed by atoms with Gasteiger partial charge in [0.2, 0.25) is 0 Å². The molecule has 4 heteroatoms. The van der Waals surface area contributed by atoms with Gasteiger partial charge in [0.1, 0.15) is 0 Å². The summed E-state index contributed by atoms with van der Waals surface area (Å²) in [5.41, 5.74) is 2.93. The Kier molecular flexibility index (Phi) is 4.60. The van der Waals surface area contributed by atoms with Crippen molar-refractivity contribution in [2.24, 2.45) is 4.99 Å². The van der Waals surface area contributed by atoms with Gasteiger partial charge in [-0.3, -0.25) is 4.99 Å². The molecule has 0 amide bonds. The highest BCUT2D eigenvalue weighted by atomic mass is 79.9. The fourth-order valence-corrected chi connectivity index (χ4v) is 2.96. The van der Waals surface area contributed by atoms with Gasteiger partial charge in [-0.2, -0.15) is 0 Å². The van der Waals surface area contributed by atoms with Crippen LogP contribution in [0.3, 0.4) is 0 Å². The number of aryl methyl sites for hydroxylation is 1. The molecule has 1 nitrogen and oxygen atoms in total. The third kappa shape index (κ3) is 3.67. The topological polar surface area (TPSA) is 12.4 Å². The minimum atomic E-state index is 0.736. The van der Waals surface area contributed by atoms with E-state index in [2.05, 4.69) is 36.9 Å². The van der Waals surface area contributed by atoms with E-state index in [0.29, 0.717) is 0 Å². The number of benzene rings is 2. The lowest BCUT2D eigenvalue weighted by atomic mass is 10.2. The summed E-state index contributed by atoms with van der Waals surface area (Å²) < 4.78 is 2.03. The van der Waals surface area contributed by atoms with Crippen LogP contribution in [0.4, 0.5) is 5.69 Å². The SMILES string of the molecule is Cc1ccc(N=Cc2cc(Br)cc(Br)c2)cc1Cl. The molecule has 2 rings (SSSR count). The van der Waals surface area contributed by atoms with Gasteiger partial charge in [0.25, 0.3) is 0 Å². The molecule has 0 aliphatic rings. The van der Waals surface area contributed by atoms with Crippen LogP contribution in [0.25, 0.3) is 0 Å². The number of hydrogen-bond donors (Lipinski definition) is 0. The summed E-state index contributed by atoms with van der Waals surface area (Å²) in [7, 11) is 0. The summed E-state index contributed by atoms with van der Waals surface area (Å²) in [6.07, 6.45) is 1.82. The molecule has 0 unspecified atom stereocenters. The maximum absolute atomic E-state index is 6.06. The smallest absolute Gasteiger partial charge is 0.0644 e. The lowest BCUT2D eigenvalue weighted by Gasteiger charge is -2.00. The first kappa shape index (κ1) is 13.8. The van der Waals surface area contributed by atoms with Crippen LogP contribution in [0.1, 0.15) is 11.1 Å². The third-order valence-corrected chi connectivity index (χ3v) is 3.73. The van der Waals surface area contributed by atoms with Gasteiger partial charge in [-0.15, -0.1) is 0 Å². The zero-order chi connectivity index (χ0) is 13.1. The Labute approximate surface area is 128 Å². The fourth-order valence-electron chi connectivity index (χ4n) is 1.46. The Morgan fingerprint density at radius 2 is 1.72 bits per heavy atom. The van der Waals surface area contributed by atoms with Crippen molar-refractivity contribution in [3.05, 3.63) is 61.5 Å². The summed E-state index contributed by atoms with van der Waals surface area (Å²) in [6, 6.07) is 11.8. The number of hydrogen-bond acceptors (Lipinski definition) is 1. The van der Waals surface area contributed by atoms with Crippen molar-refractivity contribution >= 4 is 55.4 Å². The molecule has 0 heterocycles. The second kappa shape index (κ2) is 6.00. The van der Waals surface area contributed by atoms with Crippen LogP contribution in [0.15, 0.2) is 50.3 Å². The summed E-state index contributed by atoms with van der Waals surface area (Å²) in [4.78, 5) is 4.41. The molecule has 0 saturated heterocycles. The van der Waals surface area contributed by atoms with E-state index in [1.54, 1.807) is 0 Å². The maximum Gasteiger partial charge on any atom is 0.0644 e. The van der Waals surface area contributed by atoms with Crippen molar-refractivity contribution in [1.82, 2.24) is 0 Å². The molecule has 92 valence electrons. The quantitative estimate of drug-likeness (QED) is 0.567. The molecule has 0 aliphatic heterocycles. The van der Waals surface area contributed by atoms with Gasteiger partial charge in [0.05, 0.1) is 5.69 Å². The van der Waals surface area contributed by atoms with Crippen LogP contribution in [0, 0.1) is 6.92 Å². The summed E-state index contributed by atoms with van der Waals surface area (Å²) >= 11 is 13.0. The van der Waals surface area contributed by atoms with E-state index in [0.717, 1.165) is 30.8 Å². The first-order valence-corrected chi connectivity index (χ1v) is 7.27. The lowest BCUT2D eigenvalue weighted by Crippen LogP contribution is -1.81. The molecule has 0 fully saturated rings. The highest BCUT2D eigenvalue weighted by molar-refractivity contribution is 9.11. The van der Waals surface area contributed by atoms with Crippen LogP contribution in [-0.4, -0.2) is 6.21 Å². The monoisotopic (exact) mass is 385 g/mol. The van der Waals surface area contributed by atoms with E-state index in [-0.39, 0.29) is 0 Å². The van der Waals surface area contributed by atoms with E-state index in [1.807, 2.05) is 49.5 Å². The van der Waals surface area contributed by atoms with Gasteiger partial charge in [0, 0.05) is 20.2 Å². The highest BCUT2D eigenvalue weighted by Gasteiger charge is 1.97. The van der Waals surface area contributed by atoms with Crippen LogP contribution in [0.2, 0.25) is 5.02 Å². The molecular formula is C14H10Br2ClN. The first-order chi connectivity index (χ1) is 8.54. The molecule has 18 heavy (non-hydrogen) atoms. The summed E-state index contributed by atoms with van der Waals surface area (Å²) in [5, 5.41) is 0.736. The van der Waals surface area contributed by atoms with Crippen LogP contribution in [-0.2, 0) is 0 Å². The van der Waals surface area contributed by atoms with Crippen molar-refractivity contribution < 1.29 is 0 Å². The standard InChI is InChI=1S/C14H10Br2ClN/c1-9-2-3-13(7-14(9)17)18-8-10-4-11(15)6-12(16)5-10/h2-8H,1H3. The average Bonchev–Trinajstić information content (AvgIpc) is 2.29. The van der Waals surface area contributed by atoms with Crippen molar-refractivity contribution in [3.8, 4) is 0 Å². The minimum Gasteiger partial charge on any atom is -0.256 e. The van der Waals surface area contributed by atoms with Gasteiger partial charge >= 0.3 is 0 Å². The Hall–Kier alpha value is -0.640. The second-order valence-electron chi connectivity index (χ2n) is 3.89. The molecule has 2 aromatic carbocycles. The van der Waals surface area contributed by atoms with E-state index < -0.39 is 0 Å². The minimum absolute atomic E-state index is 0.736.